The van der Waals surface area contributed by atoms with Crippen LogP contribution in [0.25, 0.3) is 0 Å². The Bertz CT molecular complexity index is 964. The summed E-state index contributed by atoms with van der Waals surface area (Å²) in [7, 11) is 0. The van der Waals surface area contributed by atoms with Crippen LogP contribution in [-0.2, 0) is 26.0 Å². The molecular weight excluding hydrogens is 545 g/mol. The summed E-state index contributed by atoms with van der Waals surface area (Å²) in [6.07, 6.45) is 4.53. The number of halogens is 2. The molecular formula is C27H34Cl2NOSiZr. The summed E-state index contributed by atoms with van der Waals surface area (Å²) in [6, 6.07) is 22.2. The molecule has 33 heavy (non-hydrogen) atoms. The number of carbonyl (C=O) groups is 1. The molecule has 2 aromatic carbocycles. The predicted molar refractivity (Wildman–Crippen MR) is 130 cm³/mol. The zero-order chi connectivity index (χ0) is 22.0. The Balaban J connectivity index is 0.00000193. The van der Waals surface area contributed by atoms with E-state index in [0.717, 1.165) is 12.8 Å². The van der Waals surface area contributed by atoms with Crippen molar-refractivity contribution in [2.75, 3.05) is 0 Å². The molecule has 1 atom stereocenters. The first-order valence-corrected chi connectivity index (χ1v) is 20.1. The van der Waals surface area contributed by atoms with Gasteiger partial charge in [-0.2, -0.15) is 0 Å². The van der Waals surface area contributed by atoms with Crippen molar-refractivity contribution >= 4 is 22.2 Å². The van der Waals surface area contributed by atoms with Crippen LogP contribution in [0.15, 0.2) is 80.7 Å². The zero-order valence-corrected chi connectivity index (χ0v) is 25.1. The van der Waals surface area contributed by atoms with E-state index >= 15 is 0 Å². The largest absolute Gasteiger partial charge is 1.00 e. The molecule has 2 aromatic rings. The molecule has 2 nitrogen and oxygen atoms in total. The Morgan fingerprint density at radius 1 is 0.848 bits per heavy atom. The molecule has 1 saturated carbocycles. The topological polar surface area (TPSA) is 29.1 Å². The van der Waals surface area contributed by atoms with E-state index in [9.17, 15) is 4.79 Å². The van der Waals surface area contributed by atoms with Crippen molar-refractivity contribution in [3.05, 3.63) is 80.7 Å². The number of carbonyl (C=O) groups excluding carboxylic acids is 1. The van der Waals surface area contributed by atoms with Crippen LogP contribution in [-0.4, -0.2) is 11.8 Å². The molecule has 6 heteroatoms. The summed E-state index contributed by atoms with van der Waals surface area (Å²) in [5.41, 5.74) is 4.41. The summed E-state index contributed by atoms with van der Waals surface area (Å²) < 4.78 is 5.47. The molecule has 2 aliphatic rings. The molecule has 1 N–H and O–H groups in total. The summed E-state index contributed by atoms with van der Waals surface area (Å²) in [4.78, 5) is 13.5. The number of hydrogen-bond donors (Lipinski definition) is 1. The third-order valence-corrected chi connectivity index (χ3v) is 26.7. The molecule has 1 unspecified atom stereocenters. The minimum Gasteiger partial charge on any atom is -1.00 e. The van der Waals surface area contributed by atoms with Crippen molar-refractivity contribution in [3.8, 4) is 0 Å². The van der Waals surface area contributed by atoms with E-state index in [1.54, 1.807) is 3.28 Å². The van der Waals surface area contributed by atoms with Crippen LogP contribution in [0, 0.1) is 11.8 Å². The first-order valence-electron chi connectivity index (χ1n) is 11.7. The van der Waals surface area contributed by atoms with Crippen molar-refractivity contribution in [2.45, 2.75) is 53.4 Å². The van der Waals surface area contributed by atoms with E-state index in [4.69, 9.17) is 0 Å². The number of rotatable bonds is 6. The standard InChI is InChI=1S/C12H11Si.C9H13.C6H11NO.2ClH.Zr/c1-3-7-11(8-4-1)13-12-9-5-2-6-10-12;1-6-5-7(2)9(4)8(6)3;7-6(8)5-3-1-2-4-5;;;/h1-10,13H;6H,1-4H3;5H,1-4H2,(H2,7,8);2*1H;/q;;;;;+3/p-3. The van der Waals surface area contributed by atoms with E-state index in [1.807, 2.05) is 0 Å². The van der Waals surface area contributed by atoms with Crippen molar-refractivity contribution in [2.24, 2.45) is 11.8 Å². The van der Waals surface area contributed by atoms with Gasteiger partial charge in [-0.1, -0.05) is 0 Å². The Kier molecular flexibility index (Phi) is 10.9. The fourth-order valence-corrected chi connectivity index (χ4v) is 27.4. The van der Waals surface area contributed by atoms with Crippen LogP contribution < -0.4 is 38.4 Å². The van der Waals surface area contributed by atoms with Gasteiger partial charge in [0.2, 0.25) is 0 Å². The van der Waals surface area contributed by atoms with Crippen LogP contribution in [0.5, 0.6) is 0 Å². The van der Waals surface area contributed by atoms with Gasteiger partial charge in [-0.05, 0) is 0 Å². The van der Waals surface area contributed by atoms with E-state index in [2.05, 4.69) is 91.6 Å². The molecule has 0 spiro atoms. The van der Waals surface area contributed by atoms with Crippen molar-refractivity contribution in [3.63, 3.8) is 0 Å². The molecule has 0 aliphatic heterocycles. The monoisotopic (exact) mass is 576 g/mol. The average molecular weight is 579 g/mol. The molecule has 4 rings (SSSR count). The summed E-state index contributed by atoms with van der Waals surface area (Å²) >= 11 is -2.56. The van der Waals surface area contributed by atoms with E-state index in [1.165, 1.54) is 39.9 Å². The van der Waals surface area contributed by atoms with Gasteiger partial charge >= 0.3 is 197 Å². The normalized spacial score (nSPS) is 18.3. The number of allylic oxidation sites excluding steroid dienone is 4. The first kappa shape index (κ1) is 28.3. The summed E-state index contributed by atoms with van der Waals surface area (Å²) in [6.45, 7) is 9.24. The maximum absolute atomic E-state index is 13.5. The minimum atomic E-state index is -2.56. The van der Waals surface area contributed by atoms with Gasteiger partial charge in [0.1, 0.15) is 0 Å². The molecule has 175 valence electrons. The number of amides is 1. The fourth-order valence-electron chi connectivity index (χ4n) is 5.33. The Morgan fingerprint density at radius 2 is 1.33 bits per heavy atom. The van der Waals surface area contributed by atoms with Gasteiger partial charge in [0.05, 0.1) is 0 Å². The fraction of sp³-hybridized carbons (Fsp3) is 0.370. The van der Waals surface area contributed by atoms with E-state index < -0.39 is 27.1 Å². The average Bonchev–Trinajstić information content (AvgIpc) is 3.40. The van der Waals surface area contributed by atoms with Crippen molar-refractivity contribution in [1.29, 1.82) is 0 Å². The predicted octanol–water partition coefficient (Wildman–Crippen LogP) is -1.37. The second-order valence-corrected chi connectivity index (χ2v) is 23.1. The van der Waals surface area contributed by atoms with Crippen molar-refractivity contribution < 1.29 is 50.8 Å². The molecule has 0 heterocycles. The van der Waals surface area contributed by atoms with Gasteiger partial charge in [0.25, 0.3) is 0 Å². The first-order chi connectivity index (χ1) is 15.0. The second-order valence-electron chi connectivity index (χ2n) is 9.21. The minimum absolute atomic E-state index is 0. The number of nitrogens with one attached hydrogen (secondary N) is 1. The number of benzene rings is 2. The van der Waals surface area contributed by atoms with Gasteiger partial charge in [-0.15, -0.1) is 0 Å². The van der Waals surface area contributed by atoms with Crippen LogP contribution in [0.4, 0.5) is 0 Å². The smallest absolute Gasteiger partial charge is 1.00 e. The van der Waals surface area contributed by atoms with Gasteiger partial charge in [-0.3, -0.25) is 0 Å². The zero-order valence-electron chi connectivity index (χ0n) is 20.0. The Morgan fingerprint density at radius 3 is 1.76 bits per heavy atom. The van der Waals surface area contributed by atoms with Crippen molar-refractivity contribution in [1.82, 2.24) is 3.26 Å². The quantitative estimate of drug-likeness (QED) is 0.422. The second kappa shape index (κ2) is 12.7. The Hall–Kier alpha value is -0.930. The maximum Gasteiger partial charge on any atom is -1.00 e. The molecule has 0 saturated heterocycles. The summed E-state index contributed by atoms with van der Waals surface area (Å²) in [5, 5.41) is 2.95. The molecule has 0 aromatic heterocycles. The van der Waals surface area contributed by atoms with Crippen LogP contribution >= 0.6 is 0 Å². The third-order valence-electron chi connectivity index (χ3n) is 7.47. The van der Waals surface area contributed by atoms with Gasteiger partial charge in [-0.25, -0.2) is 0 Å². The summed E-state index contributed by atoms with van der Waals surface area (Å²) in [5.74, 6) is -0.531. The molecule has 1 fully saturated rings. The SMILES string of the molecule is CC1=C(C)C(C)[C]([Zr+2]([NH]C(=O)C2CCCC2)[SiH](c2ccccc2)c2ccccc2)=C1C.[Cl-].[Cl-]. The number of hydrogen-bond acceptors (Lipinski definition) is 1. The van der Waals surface area contributed by atoms with Crippen LogP contribution in [0.1, 0.15) is 53.4 Å². The van der Waals surface area contributed by atoms with Gasteiger partial charge in [0, 0.05) is 0 Å². The molecule has 2 aliphatic carbocycles. The maximum atomic E-state index is 13.5. The Labute approximate surface area is 220 Å². The van der Waals surface area contributed by atoms with Crippen LogP contribution in [0.2, 0.25) is 0 Å². The van der Waals surface area contributed by atoms with E-state index in [-0.39, 0.29) is 30.7 Å². The third kappa shape index (κ3) is 6.01. The molecule has 0 radical (unpaired) electrons. The van der Waals surface area contributed by atoms with Crippen LogP contribution in [0.3, 0.4) is 0 Å². The molecule has 1 amide bonds. The van der Waals surface area contributed by atoms with Gasteiger partial charge in [0.15, 0.2) is 0 Å². The molecule has 0 bridgehead atoms. The van der Waals surface area contributed by atoms with Gasteiger partial charge < -0.3 is 24.8 Å². The van der Waals surface area contributed by atoms with E-state index in [0.29, 0.717) is 11.8 Å².